The van der Waals surface area contributed by atoms with Crippen molar-refractivity contribution in [3.8, 4) is 0 Å². The maximum Gasteiger partial charge on any atom is 0.255 e. The van der Waals surface area contributed by atoms with Crippen LogP contribution < -0.4 is 5.43 Å². The van der Waals surface area contributed by atoms with E-state index in [0.29, 0.717) is 11.8 Å². The van der Waals surface area contributed by atoms with Gasteiger partial charge in [-0.1, -0.05) is 12.8 Å². The van der Waals surface area contributed by atoms with Crippen LogP contribution >= 0.6 is 0 Å². The van der Waals surface area contributed by atoms with E-state index in [-0.39, 0.29) is 6.04 Å². The summed E-state index contributed by atoms with van der Waals surface area (Å²) in [6, 6.07) is 0.142. The van der Waals surface area contributed by atoms with Crippen molar-refractivity contribution in [2.45, 2.75) is 38.1 Å². The SMILES string of the molecule is CN1CCCC(CN2NC(CC3CC3)C2=O)C1. The Bertz CT molecular complexity index is 303. The molecule has 2 unspecified atom stereocenters. The number of piperidine rings is 1. The van der Waals surface area contributed by atoms with Gasteiger partial charge >= 0.3 is 0 Å². The number of nitrogens with one attached hydrogen (secondary N) is 1. The number of carbonyl (C=O) groups is 1. The first-order chi connectivity index (χ1) is 8.22. The van der Waals surface area contributed by atoms with Crippen LogP contribution in [-0.4, -0.2) is 48.5 Å². The van der Waals surface area contributed by atoms with E-state index in [1.807, 2.05) is 5.01 Å². The third kappa shape index (κ3) is 2.63. The zero-order valence-corrected chi connectivity index (χ0v) is 10.7. The summed E-state index contributed by atoms with van der Waals surface area (Å²) in [5.41, 5.74) is 3.33. The summed E-state index contributed by atoms with van der Waals surface area (Å²) in [7, 11) is 2.17. The molecule has 17 heavy (non-hydrogen) atoms. The van der Waals surface area contributed by atoms with Crippen LogP contribution in [0.15, 0.2) is 0 Å². The van der Waals surface area contributed by atoms with Gasteiger partial charge in [0.25, 0.3) is 5.91 Å². The lowest BCUT2D eigenvalue weighted by Gasteiger charge is -2.43. The first kappa shape index (κ1) is 11.5. The summed E-state index contributed by atoms with van der Waals surface area (Å²) < 4.78 is 0. The summed E-state index contributed by atoms with van der Waals surface area (Å²) in [4.78, 5) is 14.3. The lowest BCUT2D eigenvalue weighted by atomic mass is 9.97. The fourth-order valence-corrected chi connectivity index (χ4v) is 3.09. The highest BCUT2D eigenvalue weighted by atomic mass is 16.2. The highest BCUT2D eigenvalue weighted by Crippen LogP contribution is 2.35. The molecule has 3 rings (SSSR count). The fourth-order valence-electron chi connectivity index (χ4n) is 3.09. The zero-order valence-electron chi connectivity index (χ0n) is 10.7. The van der Waals surface area contributed by atoms with E-state index in [4.69, 9.17) is 0 Å². The van der Waals surface area contributed by atoms with Gasteiger partial charge in [0.05, 0.1) is 0 Å². The molecular formula is C13H23N3O. The molecule has 0 bridgehead atoms. The molecule has 2 heterocycles. The van der Waals surface area contributed by atoms with Crippen molar-refractivity contribution < 1.29 is 4.79 Å². The van der Waals surface area contributed by atoms with E-state index in [1.165, 1.54) is 32.2 Å². The number of nitrogens with zero attached hydrogens (tertiary/aromatic N) is 2. The lowest BCUT2D eigenvalue weighted by Crippen LogP contribution is -2.67. The monoisotopic (exact) mass is 237 g/mol. The van der Waals surface area contributed by atoms with Gasteiger partial charge in [-0.05, 0) is 44.7 Å². The second-order valence-electron chi connectivity index (χ2n) is 6.08. The van der Waals surface area contributed by atoms with Crippen LogP contribution in [0.5, 0.6) is 0 Å². The number of rotatable bonds is 4. The Morgan fingerprint density at radius 3 is 2.76 bits per heavy atom. The van der Waals surface area contributed by atoms with E-state index in [2.05, 4.69) is 17.4 Å². The molecular weight excluding hydrogens is 214 g/mol. The molecule has 4 nitrogen and oxygen atoms in total. The second kappa shape index (κ2) is 4.58. The van der Waals surface area contributed by atoms with Gasteiger partial charge < -0.3 is 4.90 Å². The molecule has 1 saturated carbocycles. The molecule has 2 aliphatic heterocycles. The van der Waals surface area contributed by atoms with Gasteiger partial charge in [-0.2, -0.15) is 0 Å². The van der Waals surface area contributed by atoms with Gasteiger partial charge in [-0.3, -0.25) is 9.80 Å². The highest BCUT2D eigenvalue weighted by molar-refractivity contribution is 5.86. The highest BCUT2D eigenvalue weighted by Gasteiger charge is 2.40. The molecule has 1 amide bonds. The van der Waals surface area contributed by atoms with Gasteiger partial charge in [-0.25, -0.2) is 5.43 Å². The van der Waals surface area contributed by atoms with Crippen molar-refractivity contribution >= 4 is 5.91 Å². The maximum atomic E-state index is 11.9. The topological polar surface area (TPSA) is 35.6 Å². The number of hydrazine groups is 1. The molecule has 1 N–H and O–H groups in total. The quantitative estimate of drug-likeness (QED) is 0.787. The molecule has 0 spiro atoms. The zero-order chi connectivity index (χ0) is 11.8. The molecule has 2 saturated heterocycles. The Morgan fingerprint density at radius 2 is 2.12 bits per heavy atom. The minimum atomic E-state index is 0.142. The van der Waals surface area contributed by atoms with Crippen LogP contribution in [-0.2, 0) is 4.79 Å². The summed E-state index contributed by atoms with van der Waals surface area (Å²) in [6.07, 6.45) is 6.27. The third-order valence-corrected chi connectivity index (χ3v) is 4.30. The van der Waals surface area contributed by atoms with Gasteiger partial charge in [-0.15, -0.1) is 0 Å². The Labute approximate surface area is 103 Å². The van der Waals surface area contributed by atoms with E-state index in [0.717, 1.165) is 25.4 Å². The first-order valence-electron chi connectivity index (χ1n) is 6.98. The molecule has 3 aliphatic rings. The van der Waals surface area contributed by atoms with Crippen molar-refractivity contribution in [2.75, 3.05) is 26.7 Å². The smallest absolute Gasteiger partial charge is 0.255 e. The molecule has 4 heteroatoms. The molecule has 2 atom stereocenters. The number of hydrogen-bond acceptors (Lipinski definition) is 3. The van der Waals surface area contributed by atoms with Gasteiger partial charge in [0.2, 0.25) is 0 Å². The van der Waals surface area contributed by atoms with Crippen molar-refractivity contribution in [1.82, 2.24) is 15.3 Å². The maximum absolute atomic E-state index is 11.9. The van der Waals surface area contributed by atoms with E-state index in [9.17, 15) is 4.79 Å². The van der Waals surface area contributed by atoms with Crippen molar-refractivity contribution in [2.24, 2.45) is 11.8 Å². The molecule has 0 aromatic carbocycles. The van der Waals surface area contributed by atoms with Crippen LogP contribution in [0.3, 0.4) is 0 Å². The van der Waals surface area contributed by atoms with Crippen LogP contribution in [0.25, 0.3) is 0 Å². The minimum Gasteiger partial charge on any atom is -0.306 e. The predicted molar refractivity (Wildman–Crippen MR) is 66.2 cm³/mol. The number of hydrogen-bond donors (Lipinski definition) is 1. The number of amides is 1. The number of carbonyl (C=O) groups excluding carboxylic acids is 1. The molecule has 0 aromatic rings. The summed E-state index contributed by atoms with van der Waals surface area (Å²) in [6.45, 7) is 3.26. The van der Waals surface area contributed by atoms with Gasteiger partial charge in [0, 0.05) is 13.1 Å². The van der Waals surface area contributed by atoms with E-state index in [1.54, 1.807) is 0 Å². The normalized spacial score (nSPS) is 34.9. The summed E-state index contributed by atoms with van der Waals surface area (Å²) >= 11 is 0. The molecule has 0 radical (unpaired) electrons. The molecule has 3 fully saturated rings. The molecule has 96 valence electrons. The first-order valence-corrected chi connectivity index (χ1v) is 6.98. The van der Waals surface area contributed by atoms with Crippen molar-refractivity contribution in [3.05, 3.63) is 0 Å². The molecule has 0 aromatic heterocycles. The predicted octanol–water partition coefficient (Wildman–Crippen LogP) is 0.844. The van der Waals surface area contributed by atoms with E-state index >= 15 is 0 Å². The van der Waals surface area contributed by atoms with E-state index < -0.39 is 0 Å². The van der Waals surface area contributed by atoms with Crippen LogP contribution in [0.1, 0.15) is 32.1 Å². The van der Waals surface area contributed by atoms with Gasteiger partial charge in [0.1, 0.15) is 6.04 Å². The standard InChI is InChI=1S/C13H23N3O/c1-15-6-2-3-11(8-15)9-16-13(17)12(14-16)7-10-4-5-10/h10-12,14H,2-9H2,1H3. The third-order valence-electron chi connectivity index (χ3n) is 4.30. The largest absolute Gasteiger partial charge is 0.306 e. The van der Waals surface area contributed by atoms with Crippen LogP contribution in [0.2, 0.25) is 0 Å². The van der Waals surface area contributed by atoms with Gasteiger partial charge in [0.15, 0.2) is 0 Å². The average molecular weight is 237 g/mol. The Hall–Kier alpha value is -0.610. The fraction of sp³-hybridized carbons (Fsp3) is 0.923. The minimum absolute atomic E-state index is 0.142. The summed E-state index contributed by atoms with van der Waals surface area (Å²) in [5.74, 6) is 1.83. The van der Waals surface area contributed by atoms with Crippen LogP contribution in [0, 0.1) is 11.8 Å². The Balaban J connectivity index is 1.42. The Morgan fingerprint density at radius 1 is 1.29 bits per heavy atom. The van der Waals surface area contributed by atoms with Crippen molar-refractivity contribution in [1.29, 1.82) is 0 Å². The Kier molecular flexibility index (Phi) is 3.09. The van der Waals surface area contributed by atoms with Crippen molar-refractivity contribution in [3.63, 3.8) is 0 Å². The molecule has 1 aliphatic carbocycles. The van der Waals surface area contributed by atoms with Crippen LogP contribution in [0.4, 0.5) is 0 Å². The summed E-state index contributed by atoms with van der Waals surface area (Å²) in [5, 5.41) is 1.86. The number of likely N-dealkylation sites (tertiary alicyclic amines) is 1. The lowest BCUT2D eigenvalue weighted by molar-refractivity contribution is -0.154. The second-order valence-corrected chi connectivity index (χ2v) is 6.08. The average Bonchev–Trinajstić information content (AvgIpc) is 3.11.